The van der Waals surface area contributed by atoms with E-state index in [0.717, 1.165) is 11.8 Å². The van der Waals surface area contributed by atoms with Gasteiger partial charge in [-0.2, -0.15) is 10.1 Å². The van der Waals surface area contributed by atoms with Crippen molar-refractivity contribution in [2.24, 2.45) is 5.10 Å². The molecule has 8 nitrogen and oxygen atoms in total. The summed E-state index contributed by atoms with van der Waals surface area (Å²) in [5, 5.41) is 15.2. The van der Waals surface area contributed by atoms with Crippen LogP contribution in [0.4, 0.5) is 16.2 Å². The van der Waals surface area contributed by atoms with Gasteiger partial charge in [0, 0.05) is 40.1 Å². The van der Waals surface area contributed by atoms with E-state index >= 15 is 0 Å². The maximum absolute atomic E-state index is 14.3. The minimum Gasteiger partial charge on any atom is -0.506 e. The van der Waals surface area contributed by atoms with Gasteiger partial charge in [-0.25, -0.2) is 14.8 Å². The quantitative estimate of drug-likeness (QED) is 0.214. The fourth-order valence-corrected chi connectivity index (χ4v) is 5.03. The molecule has 1 aromatic heterocycles. The molecule has 0 saturated carbocycles. The van der Waals surface area contributed by atoms with Crippen molar-refractivity contribution >= 4 is 62.9 Å². The molecule has 0 atom stereocenters. The number of rotatable bonds is 7. The second-order valence-electron chi connectivity index (χ2n) is 7.95. The Kier molecular flexibility index (Phi) is 8.40. The molecule has 1 fully saturated rings. The molecule has 36 heavy (non-hydrogen) atoms. The van der Waals surface area contributed by atoms with Gasteiger partial charge < -0.3 is 14.7 Å². The third kappa shape index (κ3) is 5.78. The van der Waals surface area contributed by atoms with Crippen LogP contribution in [0.15, 0.2) is 40.0 Å². The van der Waals surface area contributed by atoms with Crippen molar-refractivity contribution in [3.8, 4) is 5.75 Å². The van der Waals surface area contributed by atoms with Crippen LogP contribution in [0.25, 0.3) is 0 Å². The number of hydrogen-bond acceptors (Lipinski definition) is 8. The molecule has 0 amide bonds. The molecule has 0 radical (unpaired) electrons. The number of carbonyl (C=O) groups excluding carboxylic acids is 1. The van der Waals surface area contributed by atoms with E-state index < -0.39 is 5.82 Å². The minimum absolute atomic E-state index is 0.00340. The number of phenols is 1. The van der Waals surface area contributed by atoms with Crippen LogP contribution < -0.4 is 10.3 Å². The molecule has 2 aromatic carbocycles. The SMILES string of the molecule is Cc1cccc(Cl)c1CC(=O)c1c(Br)cc(Cl)c(O)c1/C=N\Nc1ncc(F)c(N2CCOCC2)n1. The second kappa shape index (κ2) is 11.5. The van der Waals surface area contributed by atoms with Crippen LogP contribution in [0.3, 0.4) is 0 Å². The third-order valence-electron chi connectivity index (χ3n) is 5.61. The molecule has 1 aliphatic heterocycles. The molecular weight excluding hydrogens is 576 g/mol. The van der Waals surface area contributed by atoms with Crippen LogP contribution in [0, 0.1) is 12.7 Å². The van der Waals surface area contributed by atoms with Gasteiger partial charge in [0.2, 0.25) is 5.95 Å². The standard InChI is InChI=1S/C24H21BrCl2FN5O3/c1-13-3-2-4-17(26)14(13)9-20(34)21-15(22(35)18(27)10-16(21)25)11-30-32-24-29-12-19(28)23(31-24)33-5-7-36-8-6-33/h2-4,10-12,35H,5-9H2,1H3,(H,29,31,32)/b30-11-. The molecule has 0 unspecified atom stereocenters. The molecule has 1 aliphatic rings. The summed E-state index contributed by atoms with van der Waals surface area (Å²) in [5.41, 5.74) is 4.44. The average molecular weight is 597 g/mol. The third-order valence-corrected chi connectivity index (χ3v) is 6.87. The lowest BCUT2D eigenvalue weighted by Crippen LogP contribution is -2.37. The number of ketones is 1. The monoisotopic (exact) mass is 595 g/mol. The number of hydrazone groups is 1. The van der Waals surface area contributed by atoms with E-state index in [4.69, 9.17) is 27.9 Å². The normalized spacial score (nSPS) is 13.9. The number of morpholine rings is 1. The molecular formula is C24H21BrCl2FN5O3. The van der Waals surface area contributed by atoms with Crippen LogP contribution in [0.1, 0.15) is 27.0 Å². The summed E-state index contributed by atoms with van der Waals surface area (Å²) in [6, 6.07) is 6.82. The zero-order chi connectivity index (χ0) is 25.8. The van der Waals surface area contributed by atoms with E-state index in [9.17, 15) is 14.3 Å². The van der Waals surface area contributed by atoms with E-state index in [0.29, 0.717) is 41.4 Å². The molecule has 2 heterocycles. The molecule has 4 rings (SSSR count). The molecule has 12 heteroatoms. The summed E-state index contributed by atoms with van der Waals surface area (Å²) < 4.78 is 20.0. The number of aromatic nitrogens is 2. The molecule has 188 valence electrons. The van der Waals surface area contributed by atoms with E-state index in [1.54, 1.807) is 17.0 Å². The number of aryl methyl sites for hydroxylation is 1. The van der Waals surface area contributed by atoms with E-state index in [2.05, 4.69) is 36.4 Å². The molecule has 1 saturated heterocycles. The maximum atomic E-state index is 14.3. The zero-order valence-corrected chi connectivity index (χ0v) is 22.2. The van der Waals surface area contributed by atoms with Crippen LogP contribution in [-0.2, 0) is 11.2 Å². The first-order chi connectivity index (χ1) is 17.3. The minimum atomic E-state index is -0.564. The van der Waals surface area contributed by atoms with Crippen LogP contribution in [0.2, 0.25) is 10.0 Å². The summed E-state index contributed by atoms with van der Waals surface area (Å²) >= 11 is 15.8. The van der Waals surface area contributed by atoms with Gasteiger partial charge in [0.1, 0.15) is 5.75 Å². The number of carbonyl (C=O) groups is 1. The number of nitrogens with one attached hydrogen (secondary N) is 1. The predicted octanol–water partition coefficient (Wildman–Crippen LogP) is 5.41. The lowest BCUT2D eigenvalue weighted by Gasteiger charge is -2.27. The Bertz CT molecular complexity index is 1320. The first-order valence-corrected chi connectivity index (χ1v) is 12.4. The van der Waals surface area contributed by atoms with Crippen molar-refractivity contribution in [3.63, 3.8) is 0 Å². The van der Waals surface area contributed by atoms with Crippen molar-refractivity contribution in [2.45, 2.75) is 13.3 Å². The van der Waals surface area contributed by atoms with E-state index in [1.807, 2.05) is 13.0 Å². The van der Waals surface area contributed by atoms with Gasteiger partial charge in [-0.1, -0.05) is 35.3 Å². The number of benzene rings is 2. The van der Waals surface area contributed by atoms with Crippen molar-refractivity contribution < 1.29 is 19.0 Å². The zero-order valence-electron chi connectivity index (χ0n) is 19.1. The fourth-order valence-electron chi connectivity index (χ4n) is 3.74. The average Bonchev–Trinajstić information content (AvgIpc) is 2.86. The Morgan fingerprint density at radius 3 is 2.81 bits per heavy atom. The maximum Gasteiger partial charge on any atom is 0.245 e. The number of anilines is 2. The highest BCUT2D eigenvalue weighted by atomic mass is 79.9. The van der Waals surface area contributed by atoms with Crippen molar-refractivity contribution in [1.82, 2.24) is 9.97 Å². The number of phenolic OH excluding ortho intramolecular Hbond substituents is 1. The highest BCUT2D eigenvalue weighted by molar-refractivity contribution is 9.10. The van der Waals surface area contributed by atoms with Gasteiger partial charge in [-0.3, -0.25) is 4.79 Å². The second-order valence-corrected chi connectivity index (χ2v) is 9.62. The molecule has 0 spiro atoms. The first-order valence-electron chi connectivity index (χ1n) is 10.9. The number of hydrogen-bond donors (Lipinski definition) is 2. The van der Waals surface area contributed by atoms with Crippen molar-refractivity contribution in [2.75, 3.05) is 36.6 Å². The largest absolute Gasteiger partial charge is 0.506 e. The Morgan fingerprint density at radius 1 is 1.33 bits per heavy atom. The van der Waals surface area contributed by atoms with Crippen molar-refractivity contribution in [1.29, 1.82) is 0 Å². The van der Waals surface area contributed by atoms with Crippen LogP contribution in [0.5, 0.6) is 5.75 Å². The fraction of sp³-hybridized carbons (Fsp3) is 0.250. The predicted molar refractivity (Wildman–Crippen MR) is 141 cm³/mol. The molecule has 0 aliphatic carbocycles. The molecule has 0 bridgehead atoms. The number of nitrogens with zero attached hydrogens (tertiary/aromatic N) is 4. The Labute approximate surface area is 225 Å². The van der Waals surface area contributed by atoms with E-state index in [1.165, 1.54) is 12.3 Å². The Hall–Kier alpha value is -2.79. The smallest absolute Gasteiger partial charge is 0.245 e. The van der Waals surface area contributed by atoms with Crippen LogP contribution >= 0.6 is 39.1 Å². The lowest BCUT2D eigenvalue weighted by molar-refractivity contribution is 0.0991. The molecule has 3 aromatic rings. The summed E-state index contributed by atoms with van der Waals surface area (Å²) in [6.45, 7) is 3.80. The van der Waals surface area contributed by atoms with Crippen molar-refractivity contribution in [3.05, 3.63) is 73.1 Å². The van der Waals surface area contributed by atoms with E-state index in [-0.39, 0.29) is 45.9 Å². The number of halogens is 4. The summed E-state index contributed by atoms with van der Waals surface area (Å²) in [6.07, 6.45) is 2.28. The lowest BCUT2D eigenvalue weighted by atomic mass is 9.96. The first kappa shape index (κ1) is 26.3. The Morgan fingerprint density at radius 2 is 2.08 bits per heavy atom. The van der Waals surface area contributed by atoms with Gasteiger partial charge in [0.25, 0.3) is 0 Å². The summed E-state index contributed by atoms with van der Waals surface area (Å²) in [5.74, 6) is -1.02. The molecule has 2 N–H and O–H groups in total. The van der Waals surface area contributed by atoms with Gasteiger partial charge in [-0.15, -0.1) is 0 Å². The number of ether oxygens (including phenoxy) is 1. The van der Waals surface area contributed by atoms with Gasteiger partial charge in [0.05, 0.1) is 30.6 Å². The summed E-state index contributed by atoms with van der Waals surface area (Å²) in [7, 11) is 0. The highest BCUT2D eigenvalue weighted by Crippen LogP contribution is 2.36. The highest BCUT2D eigenvalue weighted by Gasteiger charge is 2.22. The van der Waals surface area contributed by atoms with Crippen LogP contribution in [-0.4, -0.2) is 53.4 Å². The summed E-state index contributed by atoms with van der Waals surface area (Å²) in [4.78, 5) is 23.2. The Balaban J connectivity index is 1.61. The van der Waals surface area contributed by atoms with Gasteiger partial charge in [-0.05, 0) is 46.1 Å². The number of aromatic hydroxyl groups is 1. The van der Waals surface area contributed by atoms with Gasteiger partial charge in [0.15, 0.2) is 17.4 Å². The number of Topliss-reactive ketones (excluding diaryl/α,β-unsaturated/α-hetero) is 1. The topological polar surface area (TPSA) is 99.9 Å². The van der Waals surface area contributed by atoms with Gasteiger partial charge >= 0.3 is 0 Å².